The van der Waals surface area contributed by atoms with Crippen molar-refractivity contribution < 1.29 is 5.11 Å². The van der Waals surface area contributed by atoms with Crippen LogP contribution < -0.4 is 5.32 Å². The number of piperidine rings is 1. The van der Waals surface area contributed by atoms with Crippen LogP contribution in [0.1, 0.15) is 51.3 Å². The summed E-state index contributed by atoms with van der Waals surface area (Å²) in [4.78, 5) is 7.33. The van der Waals surface area contributed by atoms with Crippen LogP contribution in [-0.2, 0) is 0 Å². The fourth-order valence-corrected chi connectivity index (χ4v) is 4.59. The van der Waals surface area contributed by atoms with Crippen LogP contribution in [0.4, 0.5) is 0 Å². The van der Waals surface area contributed by atoms with Crippen molar-refractivity contribution >= 4 is 17.3 Å². The lowest BCUT2D eigenvalue weighted by atomic mass is 9.98. The highest BCUT2D eigenvalue weighted by Gasteiger charge is 2.18. The first-order chi connectivity index (χ1) is 16.7. The van der Waals surface area contributed by atoms with E-state index in [1.807, 2.05) is 33.9 Å². The molecule has 34 heavy (non-hydrogen) atoms. The SMILES string of the molecule is CCC(CC)n1cc(-c2nc(/C(C=N)=C/NCCN3CCC(CO)CC3)cn3nccc23)cn1. The Morgan fingerprint density at radius 3 is 2.74 bits per heavy atom. The zero-order valence-electron chi connectivity index (χ0n) is 20.2. The van der Waals surface area contributed by atoms with E-state index in [2.05, 4.69) is 40.5 Å². The van der Waals surface area contributed by atoms with Gasteiger partial charge in [0.2, 0.25) is 0 Å². The summed E-state index contributed by atoms with van der Waals surface area (Å²) in [6.07, 6.45) is 14.9. The van der Waals surface area contributed by atoms with Crippen molar-refractivity contribution in [2.24, 2.45) is 5.92 Å². The molecule has 0 spiro atoms. The fraction of sp³-hybridized carbons (Fsp3) is 0.520. The van der Waals surface area contributed by atoms with Crippen molar-refractivity contribution in [2.45, 2.75) is 45.6 Å². The molecule has 0 saturated carbocycles. The maximum absolute atomic E-state index is 9.30. The monoisotopic (exact) mass is 464 g/mol. The Labute approximate surface area is 201 Å². The summed E-state index contributed by atoms with van der Waals surface area (Å²) >= 11 is 0. The van der Waals surface area contributed by atoms with E-state index in [0.717, 1.165) is 68.6 Å². The third kappa shape index (κ3) is 5.37. The Morgan fingerprint density at radius 1 is 1.24 bits per heavy atom. The number of hydrogen-bond acceptors (Lipinski definition) is 7. The highest BCUT2D eigenvalue weighted by Crippen LogP contribution is 2.26. The number of rotatable bonds is 11. The van der Waals surface area contributed by atoms with Crippen molar-refractivity contribution in [1.29, 1.82) is 5.41 Å². The summed E-state index contributed by atoms with van der Waals surface area (Å²) in [6.45, 7) is 8.43. The van der Waals surface area contributed by atoms with Gasteiger partial charge in [0.15, 0.2) is 0 Å². The molecule has 0 bridgehead atoms. The summed E-state index contributed by atoms with van der Waals surface area (Å²) in [6, 6.07) is 2.32. The normalized spacial score (nSPS) is 15.9. The first kappa shape index (κ1) is 24.1. The van der Waals surface area contributed by atoms with Crippen LogP contribution >= 0.6 is 0 Å². The van der Waals surface area contributed by atoms with E-state index in [1.54, 1.807) is 6.20 Å². The second-order valence-electron chi connectivity index (χ2n) is 8.98. The van der Waals surface area contributed by atoms with Crippen molar-refractivity contribution in [3.8, 4) is 11.3 Å². The number of likely N-dealkylation sites (tertiary alicyclic amines) is 1. The van der Waals surface area contributed by atoms with Gasteiger partial charge >= 0.3 is 0 Å². The number of hydrogen-bond donors (Lipinski definition) is 3. The van der Waals surface area contributed by atoms with Gasteiger partial charge in [0.1, 0.15) is 0 Å². The second-order valence-corrected chi connectivity index (χ2v) is 8.98. The zero-order chi connectivity index (χ0) is 23.9. The third-order valence-electron chi connectivity index (χ3n) is 6.83. The van der Waals surface area contributed by atoms with E-state index in [0.29, 0.717) is 29.8 Å². The molecular weight excluding hydrogens is 428 g/mol. The molecule has 182 valence electrons. The molecule has 1 saturated heterocycles. The van der Waals surface area contributed by atoms with Crippen LogP contribution in [0.25, 0.3) is 22.3 Å². The molecule has 3 aromatic heterocycles. The lowest BCUT2D eigenvalue weighted by molar-refractivity contribution is 0.133. The minimum atomic E-state index is 0.297. The predicted octanol–water partition coefficient (Wildman–Crippen LogP) is 3.24. The van der Waals surface area contributed by atoms with Crippen molar-refractivity contribution in [3.05, 3.63) is 42.7 Å². The largest absolute Gasteiger partial charge is 0.396 e. The Kier molecular flexibility index (Phi) is 8.08. The number of aromatic nitrogens is 5. The summed E-state index contributed by atoms with van der Waals surface area (Å²) in [5.41, 5.74) is 4.06. The number of aliphatic hydroxyl groups is 1. The van der Waals surface area contributed by atoms with Crippen LogP contribution in [0, 0.1) is 11.3 Å². The quantitative estimate of drug-likeness (QED) is 0.297. The van der Waals surface area contributed by atoms with E-state index in [1.165, 1.54) is 6.21 Å². The Bertz CT molecular complexity index is 1110. The highest BCUT2D eigenvalue weighted by atomic mass is 16.3. The topological polar surface area (TPSA) is 107 Å². The van der Waals surface area contributed by atoms with Gasteiger partial charge in [-0.3, -0.25) is 4.68 Å². The molecule has 0 radical (unpaired) electrons. The molecule has 3 aromatic rings. The van der Waals surface area contributed by atoms with Gasteiger partial charge in [0, 0.05) is 49.4 Å². The molecule has 9 heteroatoms. The van der Waals surface area contributed by atoms with Gasteiger partial charge in [-0.15, -0.1) is 0 Å². The first-order valence-corrected chi connectivity index (χ1v) is 12.3. The second kappa shape index (κ2) is 11.4. The average Bonchev–Trinajstić information content (AvgIpc) is 3.55. The van der Waals surface area contributed by atoms with Crippen LogP contribution in [0.5, 0.6) is 0 Å². The number of aliphatic hydroxyl groups excluding tert-OH is 1. The molecule has 1 aliphatic heterocycles. The Hall–Kier alpha value is -3.04. The van der Waals surface area contributed by atoms with Gasteiger partial charge in [0.05, 0.1) is 41.5 Å². The van der Waals surface area contributed by atoms with Gasteiger partial charge in [-0.1, -0.05) is 13.8 Å². The molecule has 1 fully saturated rings. The zero-order valence-corrected chi connectivity index (χ0v) is 20.2. The summed E-state index contributed by atoms with van der Waals surface area (Å²) in [5, 5.41) is 29.7. The van der Waals surface area contributed by atoms with Gasteiger partial charge in [-0.2, -0.15) is 10.2 Å². The average molecular weight is 465 g/mol. The Balaban J connectivity index is 1.50. The molecule has 3 N–H and O–H groups in total. The minimum Gasteiger partial charge on any atom is -0.396 e. The smallest absolute Gasteiger partial charge is 0.0999 e. The predicted molar refractivity (Wildman–Crippen MR) is 135 cm³/mol. The van der Waals surface area contributed by atoms with E-state index < -0.39 is 0 Å². The number of nitrogens with one attached hydrogen (secondary N) is 2. The molecular formula is C25H36N8O. The van der Waals surface area contributed by atoms with Gasteiger partial charge in [0.25, 0.3) is 0 Å². The van der Waals surface area contributed by atoms with E-state index in [9.17, 15) is 5.11 Å². The molecule has 0 unspecified atom stereocenters. The van der Waals surface area contributed by atoms with Crippen LogP contribution in [0.2, 0.25) is 0 Å². The molecule has 1 aliphatic rings. The standard InChI is InChI=1S/C25H36N8O/c1-3-22(4-2)32-16-21(15-29-32)25-24-5-8-28-33(24)17-23(30-25)20(13-26)14-27-9-12-31-10-6-19(18-34)7-11-31/h5,8,13-17,19,22,26-27,34H,3-4,6-7,9-12,18H2,1-2H3/b20-14+,26-13?. The van der Waals surface area contributed by atoms with E-state index in [4.69, 9.17) is 10.4 Å². The van der Waals surface area contributed by atoms with Gasteiger partial charge in [-0.05, 0) is 50.8 Å². The lowest BCUT2D eigenvalue weighted by Gasteiger charge is -2.30. The minimum absolute atomic E-state index is 0.297. The molecule has 0 atom stereocenters. The maximum Gasteiger partial charge on any atom is 0.0999 e. The van der Waals surface area contributed by atoms with Crippen LogP contribution in [0.15, 0.2) is 37.1 Å². The van der Waals surface area contributed by atoms with Crippen molar-refractivity contribution in [3.63, 3.8) is 0 Å². The van der Waals surface area contributed by atoms with Gasteiger partial charge < -0.3 is 20.7 Å². The third-order valence-corrected chi connectivity index (χ3v) is 6.83. The number of fused-ring (bicyclic) bond motifs is 1. The lowest BCUT2D eigenvalue weighted by Crippen LogP contribution is -2.38. The van der Waals surface area contributed by atoms with Gasteiger partial charge in [-0.25, -0.2) is 9.50 Å². The molecule has 0 aromatic carbocycles. The van der Waals surface area contributed by atoms with Crippen molar-refractivity contribution in [1.82, 2.24) is 34.6 Å². The van der Waals surface area contributed by atoms with Crippen LogP contribution in [0.3, 0.4) is 0 Å². The number of nitrogens with zero attached hydrogens (tertiary/aromatic N) is 6. The van der Waals surface area contributed by atoms with E-state index >= 15 is 0 Å². The molecule has 0 aliphatic carbocycles. The first-order valence-electron chi connectivity index (χ1n) is 12.3. The summed E-state index contributed by atoms with van der Waals surface area (Å²) < 4.78 is 3.84. The summed E-state index contributed by atoms with van der Waals surface area (Å²) in [7, 11) is 0. The highest BCUT2D eigenvalue weighted by molar-refractivity contribution is 6.07. The molecule has 0 amide bonds. The van der Waals surface area contributed by atoms with Crippen molar-refractivity contribution in [2.75, 3.05) is 32.8 Å². The van der Waals surface area contributed by atoms with E-state index in [-0.39, 0.29) is 0 Å². The fourth-order valence-electron chi connectivity index (χ4n) is 4.59. The Morgan fingerprint density at radius 2 is 2.03 bits per heavy atom. The molecule has 9 nitrogen and oxygen atoms in total. The summed E-state index contributed by atoms with van der Waals surface area (Å²) in [5.74, 6) is 0.452. The number of allylic oxidation sites excluding steroid dienone is 1. The maximum atomic E-state index is 9.30. The van der Waals surface area contributed by atoms with Crippen LogP contribution in [-0.4, -0.2) is 73.4 Å². The molecule has 4 heterocycles. The molecule has 4 rings (SSSR count).